The van der Waals surface area contributed by atoms with E-state index in [1.807, 2.05) is 60.2 Å². The molecule has 1 aliphatic heterocycles. The molecule has 5 nitrogen and oxygen atoms in total. The van der Waals surface area contributed by atoms with Crippen molar-refractivity contribution in [1.82, 2.24) is 9.88 Å². The molecule has 1 aromatic heterocycles. The SMILES string of the molecule is Cc1ccccc1-n1cccc1/C=C1/NC(=O)N(c2ccccc2)C1=O. The summed E-state index contributed by atoms with van der Waals surface area (Å²) in [6, 6.07) is 20.3. The van der Waals surface area contributed by atoms with Crippen LogP contribution >= 0.6 is 0 Å². The van der Waals surface area contributed by atoms with E-state index in [0.717, 1.165) is 21.8 Å². The molecule has 128 valence electrons. The quantitative estimate of drug-likeness (QED) is 0.579. The van der Waals surface area contributed by atoms with Crippen molar-refractivity contribution in [2.75, 3.05) is 4.90 Å². The lowest BCUT2D eigenvalue weighted by atomic mass is 10.2. The average Bonchev–Trinajstić information content (AvgIpc) is 3.21. The van der Waals surface area contributed by atoms with Gasteiger partial charge in [-0.05, 0) is 48.9 Å². The number of anilines is 1. The largest absolute Gasteiger partial charge is 0.333 e. The minimum atomic E-state index is -0.443. The Morgan fingerprint density at radius 1 is 0.885 bits per heavy atom. The molecule has 0 bridgehead atoms. The van der Waals surface area contributed by atoms with Gasteiger partial charge in [0, 0.05) is 17.6 Å². The van der Waals surface area contributed by atoms with E-state index in [-0.39, 0.29) is 11.6 Å². The lowest BCUT2D eigenvalue weighted by Gasteiger charge is -2.11. The van der Waals surface area contributed by atoms with E-state index in [2.05, 4.69) is 5.32 Å². The van der Waals surface area contributed by atoms with E-state index >= 15 is 0 Å². The number of hydrogen-bond donors (Lipinski definition) is 1. The standard InChI is InChI=1S/C21H17N3O2/c1-15-8-5-6-12-19(15)23-13-7-11-17(23)14-18-20(25)24(21(26)22-18)16-9-3-2-4-10-16/h2-14H,1H3,(H,22,26)/b18-14+. The summed E-state index contributed by atoms with van der Waals surface area (Å²) >= 11 is 0. The smallest absolute Gasteiger partial charge is 0.317 e. The van der Waals surface area contributed by atoms with Gasteiger partial charge in [-0.15, -0.1) is 0 Å². The maximum absolute atomic E-state index is 12.7. The van der Waals surface area contributed by atoms with E-state index < -0.39 is 6.03 Å². The molecule has 0 unspecified atom stereocenters. The molecular weight excluding hydrogens is 326 g/mol. The summed E-state index contributed by atoms with van der Waals surface area (Å²) < 4.78 is 1.99. The highest BCUT2D eigenvalue weighted by Gasteiger charge is 2.34. The topological polar surface area (TPSA) is 54.3 Å². The number of nitrogens with one attached hydrogen (secondary N) is 1. The Labute approximate surface area is 151 Å². The van der Waals surface area contributed by atoms with Crippen molar-refractivity contribution in [3.8, 4) is 5.69 Å². The Morgan fingerprint density at radius 2 is 1.62 bits per heavy atom. The van der Waals surface area contributed by atoms with Crippen LogP contribution in [-0.2, 0) is 4.79 Å². The second-order valence-corrected chi connectivity index (χ2v) is 6.05. The minimum Gasteiger partial charge on any atom is -0.317 e. The summed E-state index contributed by atoms with van der Waals surface area (Å²) in [6.45, 7) is 2.03. The van der Waals surface area contributed by atoms with Crippen molar-refractivity contribution in [1.29, 1.82) is 0 Å². The van der Waals surface area contributed by atoms with Crippen LogP contribution in [0.2, 0.25) is 0 Å². The van der Waals surface area contributed by atoms with Gasteiger partial charge in [0.05, 0.1) is 5.69 Å². The van der Waals surface area contributed by atoms with Crippen LogP contribution in [0.25, 0.3) is 11.8 Å². The molecule has 0 radical (unpaired) electrons. The number of nitrogens with zero attached hydrogens (tertiary/aromatic N) is 2. The number of imide groups is 1. The van der Waals surface area contributed by atoms with E-state index in [1.165, 1.54) is 0 Å². The Kier molecular flexibility index (Phi) is 3.89. The molecule has 3 amide bonds. The second-order valence-electron chi connectivity index (χ2n) is 6.05. The molecule has 0 aliphatic carbocycles. The normalized spacial score (nSPS) is 15.6. The van der Waals surface area contributed by atoms with Crippen molar-refractivity contribution < 1.29 is 9.59 Å². The van der Waals surface area contributed by atoms with Crippen LogP contribution in [0.5, 0.6) is 0 Å². The first kappa shape index (κ1) is 15.9. The van der Waals surface area contributed by atoms with Crippen LogP contribution in [0, 0.1) is 6.92 Å². The summed E-state index contributed by atoms with van der Waals surface area (Å²) in [5.41, 5.74) is 3.77. The van der Waals surface area contributed by atoms with Crippen LogP contribution < -0.4 is 10.2 Å². The summed E-state index contributed by atoms with van der Waals surface area (Å²) in [4.78, 5) is 26.1. The van der Waals surface area contributed by atoms with Crippen molar-refractivity contribution in [3.63, 3.8) is 0 Å². The monoisotopic (exact) mass is 343 g/mol. The molecule has 26 heavy (non-hydrogen) atoms. The molecule has 3 aromatic rings. The Balaban J connectivity index is 1.71. The summed E-state index contributed by atoms with van der Waals surface area (Å²) in [5.74, 6) is -0.362. The molecule has 2 aromatic carbocycles. The number of aromatic nitrogens is 1. The highest BCUT2D eigenvalue weighted by molar-refractivity contribution is 6.28. The first-order valence-electron chi connectivity index (χ1n) is 8.31. The van der Waals surface area contributed by atoms with Gasteiger partial charge < -0.3 is 9.88 Å². The fraction of sp³-hybridized carbons (Fsp3) is 0.0476. The van der Waals surface area contributed by atoms with Gasteiger partial charge in [-0.2, -0.15) is 0 Å². The molecule has 1 aliphatic rings. The summed E-state index contributed by atoms with van der Waals surface area (Å²) in [7, 11) is 0. The van der Waals surface area contributed by atoms with Gasteiger partial charge in [0.15, 0.2) is 0 Å². The highest BCUT2D eigenvalue weighted by Crippen LogP contribution is 2.23. The zero-order valence-corrected chi connectivity index (χ0v) is 14.2. The number of amides is 3. The number of rotatable bonds is 3. The van der Waals surface area contributed by atoms with E-state index in [1.54, 1.807) is 30.3 Å². The fourth-order valence-corrected chi connectivity index (χ4v) is 3.06. The van der Waals surface area contributed by atoms with Gasteiger partial charge in [-0.25, -0.2) is 9.69 Å². The van der Waals surface area contributed by atoms with E-state index in [9.17, 15) is 9.59 Å². The molecule has 0 saturated carbocycles. The third-order valence-electron chi connectivity index (χ3n) is 4.34. The maximum Gasteiger partial charge on any atom is 0.333 e. The van der Waals surface area contributed by atoms with Crippen LogP contribution in [0.3, 0.4) is 0 Å². The van der Waals surface area contributed by atoms with Gasteiger partial charge in [-0.3, -0.25) is 4.79 Å². The molecule has 1 saturated heterocycles. The first-order valence-corrected chi connectivity index (χ1v) is 8.31. The second kappa shape index (κ2) is 6.37. The lowest BCUT2D eigenvalue weighted by Crippen LogP contribution is -2.30. The Bertz CT molecular complexity index is 1020. The van der Waals surface area contributed by atoms with Gasteiger partial charge in [0.2, 0.25) is 0 Å². The van der Waals surface area contributed by atoms with Gasteiger partial charge in [-0.1, -0.05) is 36.4 Å². The maximum atomic E-state index is 12.7. The van der Waals surface area contributed by atoms with Gasteiger partial charge in [0.1, 0.15) is 5.70 Å². The van der Waals surface area contributed by atoms with Crippen molar-refractivity contribution in [2.24, 2.45) is 0 Å². The fourth-order valence-electron chi connectivity index (χ4n) is 3.06. The third kappa shape index (κ3) is 2.69. The van der Waals surface area contributed by atoms with Gasteiger partial charge in [0.25, 0.3) is 5.91 Å². The predicted molar refractivity (Wildman–Crippen MR) is 101 cm³/mol. The molecule has 4 rings (SSSR count). The van der Waals surface area contributed by atoms with E-state index in [4.69, 9.17) is 0 Å². The average molecular weight is 343 g/mol. The molecule has 0 spiro atoms. The van der Waals surface area contributed by atoms with Crippen LogP contribution in [0.1, 0.15) is 11.3 Å². The summed E-state index contributed by atoms with van der Waals surface area (Å²) in [6.07, 6.45) is 3.64. The molecular formula is C21H17N3O2. The number of carbonyl (C=O) groups excluding carboxylic acids is 2. The van der Waals surface area contributed by atoms with Crippen molar-refractivity contribution in [2.45, 2.75) is 6.92 Å². The Hall–Kier alpha value is -3.60. The molecule has 1 N–H and O–H groups in total. The minimum absolute atomic E-state index is 0.257. The number of aryl methyl sites for hydroxylation is 1. The van der Waals surface area contributed by atoms with E-state index in [0.29, 0.717) is 5.69 Å². The predicted octanol–water partition coefficient (Wildman–Crippen LogP) is 3.88. The third-order valence-corrected chi connectivity index (χ3v) is 4.34. The zero-order chi connectivity index (χ0) is 18.1. The zero-order valence-electron chi connectivity index (χ0n) is 14.2. The molecule has 2 heterocycles. The van der Waals surface area contributed by atoms with Crippen LogP contribution in [-0.4, -0.2) is 16.5 Å². The van der Waals surface area contributed by atoms with Crippen molar-refractivity contribution in [3.05, 3.63) is 89.9 Å². The molecule has 0 atom stereocenters. The summed E-state index contributed by atoms with van der Waals surface area (Å²) in [5, 5.41) is 2.67. The number of urea groups is 1. The lowest BCUT2D eigenvalue weighted by molar-refractivity contribution is -0.113. The highest BCUT2D eigenvalue weighted by atomic mass is 16.2. The van der Waals surface area contributed by atoms with Crippen LogP contribution in [0.15, 0.2) is 78.6 Å². The first-order chi connectivity index (χ1) is 12.6. The van der Waals surface area contributed by atoms with Gasteiger partial charge >= 0.3 is 6.03 Å². The molecule has 5 heteroatoms. The van der Waals surface area contributed by atoms with Crippen LogP contribution in [0.4, 0.5) is 10.5 Å². The number of benzene rings is 2. The number of carbonyl (C=O) groups is 2. The Morgan fingerprint density at radius 3 is 2.38 bits per heavy atom. The molecule has 1 fully saturated rings. The number of para-hydroxylation sites is 2. The van der Waals surface area contributed by atoms with Crippen molar-refractivity contribution >= 4 is 23.7 Å². The number of hydrogen-bond acceptors (Lipinski definition) is 2.